The molecule has 0 bridgehead atoms. The number of benzene rings is 2. The van der Waals surface area contributed by atoms with Gasteiger partial charge in [-0.15, -0.1) is 0 Å². The Balaban J connectivity index is 1.93. The van der Waals surface area contributed by atoms with Crippen molar-refractivity contribution in [2.45, 2.75) is 46.5 Å². The molecule has 0 unspecified atom stereocenters. The number of aryl methyl sites for hydroxylation is 1. The number of anilines is 1. The predicted molar refractivity (Wildman–Crippen MR) is 116 cm³/mol. The van der Waals surface area contributed by atoms with Crippen molar-refractivity contribution < 1.29 is 19.1 Å². The molecule has 0 aliphatic heterocycles. The van der Waals surface area contributed by atoms with Crippen LogP contribution in [0.3, 0.4) is 0 Å². The van der Waals surface area contributed by atoms with Crippen LogP contribution in [0.5, 0.6) is 5.75 Å². The van der Waals surface area contributed by atoms with Crippen LogP contribution in [-0.2, 0) is 14.3 Å². The summed E-state index contributed by atoms with van der Waals surface area (Å²) < 4.78 is 10.5. The van der Waals surface area contributed by atoms with Crippen LogP contribution in [0.1, 0.15) is 56.2 Å². The molecule has 2 aromatic rings. The first-order valence-electron chi connectivity index (χ1n) is 9.66. The third-order valence-electron chi connectivity index (χ3n) is 4.48. The smallest absolute Gasteiger partial charge is 0.344 e. The Morgan fingerprint density at radius 3 is 2.17 bits per heavy atom. The Labute approximate surface area is 177 Å². The number of halogens is 1. The molecule has 0 aliphatic rings. The Bertz CT molecular complexity index is 851. The lowest BCUT2D eigenvalue weighted by atomic mass is 9.92. The molecule has 2 aromatic carbocycles. The van der Waals surface area contributed by atoms with Crippen molar-refractivity contribution in [1.82, 2.24) is 0 Å². The van der Waals surface area contributed by atoms with E-state index >= 15 is 0 Å². The average Bonchev–Trinajstić information content (AvgIpc) is 2.65. The van der Waals surface area contributed by atoms with Crippen molar-refractivity contribution in [2.75, 3.05) is 18.5 Å². The van der Waals surface area contributed by atoms with E-state index in [0.29, 0.717) is 10.8 Å². The lowest BCUT2D eigenvalue weighted by Crippen LogP contribution is -2.25. The summed E-state index contributed by atoms with van der Waals surface area (Å²) in [5.41, 5.74) is 3.72. The number of carbonyl (C=O) groups is 2. The van der Waals surface area contributed by atoms with Crippen molar-refractivity contribution in [3.63, 3.8) is 0 Å². The average molecular weight is 418 g/mol. The molecular formula is C23H28ClNO4. The number of amides is 1. The zero-order valence-electron chi connectivity index (χ0n) is 17.5. The van der Waals surface area contributed by atoms with Gasteiger partial charge in [0.05, 0.1) is 0 Å². The summed E-state index contributed by atoms with van der Waals surface area (Å²) in [6, 6.07) is 11.1. The summed E-state index contributed by atoms with van der Waals surface area (Å²) in [5.74, 6) is 0.0557. The van der Waals surface area contributed by atoms with Gasteiger partial charge in [0.1, 0.15) is 5.75 Å². The van der Waals surface area contributed by atoms with Gasteiger partial charge in [0.15, 0.2) is 13.2 Å². The van der Waals surface area contributed by atoms with Gasteiger partial charge in [-0.2, -0.15) is 0 Å². The maximum Gasteiger partial charge on any atom is 0.344 e. The van der Waals surface area contributed by atoms with E-state index in [0.717, 1.165) is 22.4 Å². The minimum Gasteiger partial charge on any atom is -0.482 e. The molecule has 1 amide bonds. The van der Waals surface area contributed by atoms with Gasteiger partial charge in [-0.1, -0.05) is 57.5 Å². The number of rotatable bonds is 8. The molecule has 1 N–H and O–H groups in total. The summed E-state index contributed by atoms with van der Waals surface area (Å²) >= 11 is 5.90. The van der Waals surface area contributed by atoms with E-state index in [1.165, 1.54) is 0 Å². The number of nitrogens with one attached hydrogen (secondary N) is 1. The summed E-state index contributed by atoms with van der Waals surface area (Å²) in [4.78, 5) is 24.3. The normalized spacial score (nSPS) is 10.9. The lowest BCUT2D eigenvalue weighted by molar-refractivity contribution is -0.149. The molecule has 0 saturated carbocycles. The van der Waals surface area contributed by atoms with E-state index < -0.39 is 5.97 Å². The van der Waals surface area contributed by atoms with Crippen LogP contribution in [-0.4, -0.2) is 25.1 Å². The molecule has 0 spiro atoms. The van der Waals surface area contributed by atoms with Gasteiger partial charge in [0, 0.05) is 10.7 Å². The van der Waals surface area contributed by atoms with E-state index in [1.807, 2.05) is 25.1 Å². The summed E-state index contributed by atoms with van der Waals surface area (Å²) in [6.45, 7) is 9.48. The highest BCUT2D eigenvalue weighted by Crippen LogP contribution is 2.32. The van der Waals surface area contributed by atoms with Gasteiger partial charge in [0.25, 0.3) is 5.91 Å². The zero-order chi connectivity index (χ0) is 21.6. The molecular weight excluding hydrogens is 390 g/mol. The van der Waals surface area contributed by atoms with Gasteiger partial charge in [-0.25, -0.2) is 4.79 Å². The molecule has 0 heterocycles. The number of ether oxygens (including phenoxy) is 2. The van der Waals surface area contributed by atoms with E-state index in [2.05, 4.69) is 33.0 Å². The van der Waals surface area contributed by atoms with Crippen LogP contribution in [0.25, 0.3) is 0 Å². The third-order valence-corrected chi connectivity index (χ3v) is 4.72. The van der Waals surface area contributed by atoms with E-state index in [-0.39, 0.29) is 31.0 Å². The summed E-state index contributed by atoms with van der Waals surface area (Å²) in [6.07, 6.45) is 0. The van der Waals surface area contributed by atoms with Crippen LogP contribution in [0, 0.1) is 6.92 Å². The maximum atomic E-state index is 12.4. The lowest BCUT2D eigenvalue weighted by Gasteiger charge is -2.20. The molecule has 156 valence electrons. The quantitative estimate of drug-likeness (QED) is 0.579. The second kappa shape index (κ2) is 10.3. The molecule has 2 rings (SSSR count). The Morgan fingerprint density at radius 2 is 1.62 bits per heavy atom. The van der Waals surface area contributed by atoms with Crippen LogP contribution < -0.4 is 10.1 Å². The maximum absolute atomic E-state index is 12.4. The minimum absolute atomic E-state index is 0.252. The van der Waals surface area contributed by atoms with Crippen molar-refractivity contribution in [1.29, 1.82) is 0 Å². The third kappa shape index (κ3) is 6.50. The number of hydrogen-bond acceptors (Lipinski definition) is 4. The molecule has 0 atom stereocenters. The molecule has 0 fully saturated rings. The molecule has 0 radical (unpaired) electrons. The molecule has 29 heavy (non-hydrogen) atoms. The summed E-state index contributed by atoms with van der Waals surface area (Å²) in [5, 5.41) is 3.51. The highest BCUT2D eigenvalue weighted by molar-refractivity contribution is 6.30. The predicted octanol–water partition coefficient (Wildman–Crippen LogP) is 5.46. The zero-order valence-corrected chi connectivity index (χ0v) is 18.3. The Morgan fingerprint density at radius 1 is 1.00 bits per heavy atom. The fourth-order valence-electron chi connectivity index (χ4n) is 2.97. The van der Waals surface area contributed by atoms with Crippen molar-refractivity contribution >= 4 is 29.2 Å². The monoisotopic (exact) mass is 417 g/mol. The molecule has 0 aromatic heterocycles. The van der Waals surface area contributed by atoms with Gasteiger partial charge < -0.3 is 14.8 Å². The van der Waals surface area contributed by atoms with Crippen LogP contribution in [0.15, 0.2) is 36.4 Å². The van der Waals surface area contributed by atoms with Gasteiger partial charge in [-0.3, -0.25) is 4.79 Å². The highest BCUT2D eigenvalue weighted by atomic mass is 35.5. The number of carbonyl (C=O) groups excluding carboxylic acids is 2. The van der Waals surface area contributed by atoms with Crippen molar-refractivity contribution in [3.8, 4) is 5.75 Å². The molecule has 5 nitrogen and oxygen atoms in total. The van der Waals surface area contributed by atoms with Gasteiger partial charge >= 0.3 is 5.97 Å². The second-order valence-electron chi connectivity index (χ2n) is 7.53. The van der Waals surface area contributed by atoms with Crippen LogP contribution in [0.4, 0.5) is 5.69 Å². The first-order chi connectivity index (χ1) is 13.7. The Hall–Kier alpha value is -2.53. The van der Waals surface area contributed by atoms with Gasteiger partial charge in [0.2, 0.25) is 0 Å². The SMILES string of the molecule is Cc1cc(Cl)ccc1OCC(=O)OCC(=O)Nc1c(C(C)C)cccc1C(C)C. The van der Waals surface area contributed by atoms with Crippen LogP contribution in [0.2, 0.25) is 5.02 Å². The largest absolute Gasteiger partial charge is 0.482 e. The minimum atomic E-state index is -0.615. The van der Waals surface area contributed by atoms with Crippen LogP contribution >= 0.6 is 11.6 Å². The highest BCUT2D eigenvalue weighted by Gasteiger charge is 2.17. The van der Waals surface area contributed by atoms with Crippen molar-refractivity contribution in [2.24, 2.45) is 0 Å². The summed E-state index contributed by atoms with van der Waals surface area (Å²) in [7, 11) is 0. The second-order valence-corrected chi connectivity index (χ2v) is 7.96. The van der Waals surface area contributed by atoms with Crippen molar-refractivity contribution in [3.05, 3.63) is 58.1 Å². The number of esters is 1. The number of hydrogen-bond donors (Lipinski definition) is 1. The first kappa shape index (κ1) is 22.8. The van der Waals surface area contributed by atoms with Gasteiger partial charge in [-0.05, 0) is 53.6 Å². The molecule has 6 heteroatoms. The van der Waals surface area contributed by atoms with E-state index in [1.54, 1.807) is 18.2 Å². The standard InChI is InChI=1S/C23H28ClNO4/c1-14(2)18-7-6-8-19(15(3)4)23(18)25-21(26)12-29-22(27)13-28-20-10-9-17(24)11-16(20)5/h6-11,14-15H,12-13H2,1-5H3,(H,25,26). The number of para-hydroxylation sites is 1. The molecule has 0 saturated heterocycles. The topological polar surface area (TPSA) is 64.6 Å². The Kier molecular flexibility index (Phi) is 8.09. The fraction of sp³-hybridized carbons (Fsp3) is 0.391. The van der Waals surface area contributed by atoms with E-state index in [9.17, 15) is 9.59 Å². The fourth-order valence-corrected chi connectivity index (χ4v) is 3.20. The molecule has 0 aliphatic carbocycles. The van der Waals surface area contributed by atoms with E-state index in [4.69, 9.17) is 21.1 Å². The first-order valence-corrected chi connectivity index (χ1v) is 10.0.